The van der Waals surface area contributed by atoms with E-state index in [0.29, 0.717) is 11.4 Å². The number of fused-ring (bicyclic) bond motifs is 1. The first-order chi connectivity index (χ1) is 6.66. The number of pyridine rings is 1. The third-order valence-corrected chi connectivity index (χ3v) is 1.83. The van der Waals surface area contributed by atoms with Gasteiger partial charge in [0.25, 0.3) is 5.69 Å². The minimum atomic E-state index is -0.524. The van der Waals surface area contributed by atoms with E-state index in [0.717, 1.165) is 6.20 Å². The largest absolute Gasteiger partial charge is 0.334 e. The van der Waals surface area contributed by atoms with Crippen molar-refractivity contribution in [2.45, 2.75) is 6.54 Å². The lowest BCUT2D eigenvalue weighted by atomic mass is 10.2. The van der Waals surface area contributed by atoms with Crippen LogP contribution in [0.25, 0.3) is 0 Å². The highest BCUT2D eigenvalue weighted by molar-refractivity contribution is 5.91. The van der Waals surface area contributed by atoms with Crippen LogP contribution in [-0.2, 0) is 6.54 Å². The van der Waals surface area contributed by atoms with Crippen molar-refractivity contribution in [3.63, 3.8) is 0 Å². The summed E-state index contributed by atoms with van der Waals surface area (Å²) in [5, 5.41) is 15.3. The van der Waals surface area contributed by atoms with Crippen molar-refractivity contribution in [3.8, 4) is 0 Å². The number of hydrogen-bond donors (Lipinski definition) is 2. The zero-order chi connectivity index (χ0) is 10.1. The minimum absolute atomic E-state index is 0.0818. The molecule has 1 aliphatic rings. The van der Waals surface area contributed by atoms with Crippen molar-refractivity contribution >= 4 is 17.5 Å². The number of nitro groups is 1. The molecule has 2 heterocycles. The van der Waals surface area contributed by atoms with Gasteiger partial charge in [-0.3, -0.25) is 15.4 Å². The second-order valence-corrected chi connectivity index (χ2v) is 2.77. The van der Waals surface area contributed by atoms with Gasteiger partial charge in [0, 0.05) is 18.2 Å². The summed E-state index contributed by atoms with van der Waals surface area (Å²) in [6.07, 6.45) is 1.12. The van der Waals surface area contributed by atoms with E-state index in [1.54, 1.807) is 0 Å². The number of carbonyl (C=O) groups excluding carboxylic acids is 1. The van der Waals surface area contributed by atoms with E-state index in [1.165, 1.54) is 6.07 Å². The van der Waals surface area contributed by atoms with E-state index < -0.39 is 4.92 Å². The number of nitrogens with one attached hydrogen (secondary N) is 2. The summed E-state index contributed by atoms with van der Waals surface area (Å²) in [6, 6.07) is 1.04. The predicted molar refractivity (Wildman–Crippen MR) is 46.7 cm³/mol. The van der Waals surface area contributed by atoms with Gasteiger partial charge in [-0.1, -0.05) is 0 Å². The van der Waals surface area contributed by atoms with Crippen LogP contribution in [0.2, 0.25) is 0 Å². The molecule has 14 heavy (non-hydrogen) atoms. The summed E-state index contributed by atoms with van der Waals surface area (Å²) < 4.78 is 0. The molecule has 0 bridgehead atoms. The van der Waals surface area contributed by atoms with E-state index in [1.807, 2.05) is 0 Å². The fourth-order valence-electron chi connectivity index (χ4n) is 1.17. The average molecular weight is 194 g/mol. The summed E-state index contributed by atoms with van der Waals surface area (Å²) in [6.45, 7) is 0.260. The first kappa shape index (κ1) is 8.42. The Bertz CT molecular complexity index is 417. The lowest BCUT2D eigenvalue weighted by Gasteiger charge is -2.15. The Balaban J connectivity index is 2.41. The molecule has 1 aromatic rings. The average Bonchev–Trinajstić information content (AvgIpc) is 2.16. The highest BCUT2D eigenvalue weighted by Crippen LogP contribution is 2.20. The normalized spacial score (nSPS) is 13.9. The molecule has 0 saturated heterocycles. The quantitative estimate of drug-likeness (QED) is 0.506. The molecule has 0 saturated carbocycles. The Hall–Kier alpha value is -2.18. The molecule has 2 N–H and O–H groups in total. The highest BCUT2D eigenvalue weighted by atomic mass is 16.6. The standard InChI is InChI=1S/C7H6N4O3/c12-7-9-2-4-1-5(11(13)14)3-8-6(4)10-7/h1,3H,2H2,(H2,8,9,10,12). The van der Waals surface area contributed by atoms with Crippen LogP contribution in [0.15, 0.2) is 12.3 Å². The van der Waals surface area contributed by atoms with Crippen LogP contribution in [0.5, 0.6) is 0 Å². The minimum Gasteiger partial charge on any atom is -0.334 e. The molecule has 72 valence electrons. The molecule has 7 nitrogen and oxygen atoms in total. The molecule has 7 heteroatoms. The van der Waals surface area contributed by atoms with Gasteiger partial charge < -0.3 is 5.32 Å². The molecule has 1 aromatic heterocycles. The van der Waals surface area contributed by atoms with Gasteiger partial charge in [-0.2, -0.15) is 0 Å². The van der Waals surface area contributed by atoms with Crippen LogP contribution in [0, 0.1) is 10.1 Å². The summed E-state index contributed by atoms with van der Waals surface area (Å²) in [4.78, 5) is 24.5. The van der Waals surface area contributed by atoms with Gasteiger partial charge in [-0.15, -0.1) is 0 Å². The lowest BCUT2D eigenvalue weighted by molar-refractivity contribution is -0.385. The maximum atomic E-state index is 10.8. The number of amides is 2. The number of carbonyl (C=O) groups is 1. The Kier molecular flexibility index (Phi) is 1.77. The van der Waals surface area contributed by atoms with Gasteiger partial charge in [0.1, 0.15) is 12.0 Å². The summed E-state index contributed by atoms with van der Waals surface area (Å²) >= 11 is 0. The third kappa shape index (κ3) is 1.35. The van der Waals surface area contributed by atoms with Crippen molar-refractivity contribution in [2.75, 3.05) is 5.32 Å². The van der Waals surface area contributed by atoms with Crippen LogP contribution < -0.4 is 10.6 Å². The molecule has 0 aliphatic carbocycles. The molecular formula is C7H6N4O3. The Morgan fingerprint density at radius 2 is 2.36 bits per heavy atom. The summed E-state index contributed by atoms with van der Waals surface area (Å²) in [5.74, 6) is 0.374. The number of nitrogens with zero attached hydrogens (tertiary/aromatic N) is 2. The van der Waals surface area contributed by atoms with Crippen LogP contribution >= 0.6 is 0 Å². The van der Waals surface area contributed by atoms with E-state index in [-0.39, 0.29) is 18.3 Å². The fourth-order valence-corrected chi connectivity index (χ4v) is 1.17. The third-order valence-electron chi connectivity index (χ3n) is 1.83. The number of aromatic nitrogens is 1. The molecule has 0 fully saturated rings. The van der Waals surface area contributed by atoms with Gasteiger partial charge in [-0.05, 0) is 0 Å². The van der Waals surface area contributed by atoms with Gasteiger partial charge in [0.05, 0.1) is 4.92 Å². The predicted octanol–water partition coefficient (Wildman–Crippen LogP) is 0.625. The monoisotopic (exact) mass is 194 g/mol. The molecule has 0 spiro atoms. The van der Waals surface area contributed by atoms with E-state index in [4.69, 9.17) is 0 Å². The second kappa shape index (κ2) is 2.95. The summed E-state index contributed by atoms with van der Waals surface area (Å²) in [7, 11) is 0. The zero-order valence-electron chi connectivity index (χ0n) is 6.98. The van der Waals surface area contributed by atoms with Crippen molar-refractivity contribution < 1.29 is 9.72 Å². The second-order valence-electron chi connectivity index (χ2n) is 2.77. The van der Waals surface area contributed by atoms with Crippen LogP contribution in [0.4, 0.5) is 16.3 Å². The Morgan fingerprint density at radius 3 is 3.07 bits per heavy atom. The van der Waals surface area contributed by atoms with Crippen molar-refractivity contribution in [3.05, 3.63) is 27.9 Å². The first-order valence-corrected chi connectivity index (χ1v) is 3.85. The highest BCUT2D eigenvalue weighted by Gasteiger charge is 2.18. The maximum Gasteiger partial charge on any atom is 0.320 e. The van der Waals surface area contributed by atoms with Crippen LogP contribution in [0.3, 0.4) is 0 Å². The van der Waals surface area contributed by atoms with Crippen molar-refractivity contribution in [1.82, 2.24) is 10.3 Å². The molecule has 1 aliphatic heterocycles. The van der Waals surface area contributed by atoms with Crippen molar-refractivity contribution in [2.24, 2.45) is 0 Å². The van der Waals surface area contributed by atoms with Gasteiger partial charge in [0.2, 0.25) is 0 Å². The number of urea groups is 1. The van der Waals surface area contributed by atoms with E-state index in [9.17, 15) is 14.9 Å². The van der Waals surface area contributed by atoms with E-state index in [2.05, 4.69) is 15.6 Å². The van der Waals surface area contributed by atoms with Crippen LogP contribution in [0.1, 0.15) is 5.56 Å². The summed E-state index contributed by atoms with van der Waals surface area (Å²) in [5.41, 5.74) is 0.528. The van der Waals surface area contributed by atoms with Gasteiger partial charge in [-0.25, -0.2) is 9.78 Å². The SMILES string of the molecule is O=C1NCc2cc([N+](=O)[O-])cnc2N1. The van der Waals surface area contributed by atoms with E-state index >= 15 is 0 Å². The van der Waals surface area contributed by atoms with Crippen LogP contribution in [-0.4, -0.2) is 15.9 Å². The number of hydrogen-bond acceptors (Lipinski definition) is 4. The fraction of sp³-hybridized carbons (Fsp3) is 0.143. The number of rotatable bonds is 1. The molecule has 0 radical (unpaired) electrons. The maximum absolute atomic E-state index is 10.8. The topological polar surface area (TPSA) is 97.2 Å². The molecule has 2 amide bonds. The van der Waals surface area contributed by atoms with Gasteiger partial charge >= 0.3 is 6.03 Å². The lowest BCUT2D eigenvalue weighted by Crippen LogP contribution is -2.33. The number of anilines is 1. The molecule has 0 unspecified atom stereocenters. The smallest absolute Gasteiger partial charge is 0.320 e. The molecular weight excluding hydrogens is 188 g/mol. The van der Waals surface area contributed by atoms with Crippen molar-refractivity contribution in [1.29, 1.82) is 0 Å². The molecule has 0 aromatic carbocycles. The zero-order valence-corrected chi connectivity index (χ0v) is 6.98. The van der Waals surface area contributed by atoms with Gasteiger partial charge in [0.15, 0.2) is 0 Å². The first-order valence-electron chi connectivity index (χ1n) is 3.85. The Labute approximate surface area is 78.3 Å². The molecule has 2 rings (SSSR count). The Morgan fingerprint density at radius 1 is 1.57 bits per heavy atom. The molecule has 0 atom stereocenters.